The van der Waals surface area contributed by atoms with E-state index >= 15 is 0 Å². The zero-order valence-corrected chi connectivity index (χ0v) is 14.7. The zero-order valence-electron chi connectivity index (χ0n) is 14.7. The van der Waals surface area contributed by atoms with Crippen LogP contribution in [-0.4, -0.2) is 22.9 Å². The molecule has 2 nitrogen and oxygen atoms in total. The van der Waals surface area contributed by atoms with Crippen molar-refractivity contribution in [1.82, 2.24) is 0 Å². The highest BCUT2D eigenvalue weighted by molar-refractivity contribution is 5.32. The van der Waals surface area contributed by atoms with Crippen molar-refractivity contribution in [1.29, 1.82) is 0 Å². The van der Waals surface area contributed by atoms with Crippen molar-refractivity contribution in [2.75, 3.05) is 6.61 Å². The normalized spacial score (nSPS) is 20.5. The maximum atomic E-state index is 10.1. The first-order valence-corrected chi connectivity index (χ1v) is 8.11. The second kappa shape index (κ2) is 8.36. The summed E-state index contributed by atoms with van der Waals surface area (Å²) in [4.78, 5) is 0. The minimum atomic E-state index is -0.741. The van der Waals surface area contributed by atoms with E-state index in [9.17, 15) is 5.11 Å². The van der Waals surface area contributed by atoms with Crippen LogP contribution >= 0.6 is 0 Å². The summed E-state index contributed by atoms with van der Waals surface area (Å²) in [6.07, 6.45) is 7.60. The van der Waals surface area contributed by atoms with Crippen LogP contribution in [0.5, 0.6) is 0 Å². The van der Waals surface area contributed by atoms with Gasteiger partial charge in [0.15, 0.2) is 0 Å². The summed E-state index contributed by atoms with van der Waals surface area (Å²) in [5.74, 6) is 5.70. The van der Waals surface area contributed by atoms with Gasteiger partial charge in [0, 0.05) is 0 Å². The molecule has 2 heteroatoms. The Kier molecular flexibility index (Phi) is 7.13. The van der Waals surface area contributed by atoms with Crippen molar-refractivity contribution in [3.8, 4) is 11.8 Å². The predicted octanol–water partition coefficient (Wildman–Crippen LogP) is 4.15. The standard InChI is InChI=1S/C20H30O2/c1-15(12-14-21)8-11-19(22)17(3)9-10-18-16(2)7-6-13-20(18,4)5/h9,12,19,21-22H,6-7,10,13-14H2,1-5H3. The molecule has 122 valence electrons. The highest BCUT2D eigenvalue weighted by Gasteiger charge is 2.27. The smallest absolute Gasteiger partial charge is 0.136 e. The van der Waals surface area contributed by atoms with E-state index in [1.165, 1.54) is 30.4 Å². The van der Waals surface area contributed by atoms with Crippen LogP contribution in [0.25, 0.3) is 0 Å². The average molecular weight is 302 g/mol. The quantitative estimate of drug-likeness (QED) is 0.605. The second-order valence-electron chi connectivity index (χ2n) is 6.89. The molecule has 2 N–H and O–H groups in total. The Morgan fingerprint density at radius 3 is 2.59 bits per heavy atom. The molecule has 1 aliphatic rings. The van der Waals surface area contributed by atoms with Gasteiger partial charge in [-0.1, -0.05) is 42.9 Å². The topological polar surface area (TPSA) is 40.5 Å². The molecule has 0 saturated carbocycles. The van der Waals surface area contributed by atoms with E-state index in [0.717, 1.165) is 17.6 Å². The third-order valence-electron chi connectivity index (χ3n) is 4.55. The molecule has 0 aromatic heterocycles. The fraction of sp³-hybridized carbons (Fsp3) is 0.600. The van der Waals surface area contributed by atoms with E-state index in [4.69, 9.17) is 5.11 Å². The lowest BCUT2D eigenvalue weighted by atomic mass is 9.71. The zero-order chi connectivity index (χ0) is 16.8. The molecule has 0 fully saturated rings. The molecular weight excluding hydrogens is 272 g/mol. The van der Waals surface area contributed by atoms with Gasteiger partial charge in [-0.15, -0.1) is 0 Å². The van der Waals surface area contributed by atoms with Gasteiger partial charge < -0.3 is 10.2 Å². The first-order chi connectivity index (χ1) is 10.3. The van der Waals surface area contributed by atoms with Crippen molar-refractivity contribution in [3.63, 3.8) is 0 Å². The molecule has 0 aromatic rings. The van der Waals surface area contributed by atoms with E-state index < -0.39 is 6.10 Å². The van der Waals surface area contributed by atoms with Gasteiger partial charge in [-0.2, -0.15) is 0 Å². The monoisotopic (exact) mass is 302 g/mol. The number of hydrogen-bond donors (Lipinski definition) is 2. The molecule has 0 aliphatic heterocycles. The fourth-order valence-electron chi connectivity index (χ4n) is 2.98. The van der Waals surface area contributed by atoms with Gasteiger partial charge in [0.05, 0.1) is 6.61 Å². The maximum absolute atomic E-state index is 10.1. The Morgan fingerprint density at radius 2 is 2.00 bits per heavy atom. The molecule has 1 aliphatic carbocycles. The average Bonchev–Trinajstić information content (AvgIpc) is 2.43. The molecule has 0 amide bonds. The van der Waals surface area contributed by atoms with E-state index in [1.54, 1.807) is 6.08 Å². The van der Waals surface area contributed by atoms with Crippen LogP contribution in [0.4, 0.5) is 0 Å². The molecule has 22 heavy (non-hydrogen) atoms. The summed E-state index contributed by atoms with van der Waals surface area (Å²) >= 11 is 0. The molecule has 0 bridgehead atoms. The Balaban J connectivity index is 2.79. The minimum Gasteiger partial charge on any atom is -0.392 e. The van der Waals surface area contributed by atoms with Crippen molar-refractivity contribution in [3.05, 3.63) is 34.4 Å². The van der Waals surface area contributed by atoms with E-state index in [0.29, 0.717) is 0 Å². The molecule has 0 saturated heterocycles. The number of rotatable bonds is 4. The molecule has 0 spiro atoms. The van der Waals surface area contributed by atoms with E-state index in [1.807, 2.05) is 13.8 Å². The Labute approximate surface area is 135 Å². The maximum Gasteiger partial charge on any atom is 0.136 e. The Morgan fingerprint density at radius 1 is 1.32 bits per heavy atom. The minimum absolute atomic E-state index is 0.0199. The van der Waals surface area contributed by atoms with Crippen LogP contribution in [0.3, 0.4) is 0 Å². The summed E-state index contributed by atoms with van der Waals surface area (Å²) in [5, 5.41) is 18.9. The van der Waals surface area contributed by atoms with Gasteiger partial charge in [0.1, 0.15) is 6.10 Å². The summed E-state index contributed by atoms with van der Waals surface area (Å²) in [5.41, 5.74) is 4.94. The molecule has 1 unspecified atom stereocenters. The molecule has 0 aromatic carbocycles. The molecular formula is C20H30O2. The van der Waals surface area contributed by atoms with Crippen molar-refractivity contribution in [2.24, 2.45) is 5.41 Å². The number of allylic oxidation sites excluding steroid dienone is 4. The van der Waals surface area contributed by atoms with Crippen LogP contribution in [0.15, 0.2) is 34.4 Å². The first kappa shape index (κ1) is 18.7. The highest BCUT2D eigenvalue weighted by atomic mass is 16.3. The first-order valence-electron chi connectivity index (χ1n) is 8.11. The summed E-state index contributed by atoms with van der Waals surface area (Å²) in [7, 11) is 0. The van der Waals surface area contributed by atoms with Crippen LogP contribution in [-0.2, 0) is 0 Å². The summed E-state index contributed by atoms with van der Waals surface area (Å²) in [6, 6.07) is 0. The Bertz CT molecular complexity index is 536. The summed E-state index contributed by atoms with van der Waals surface area (Å²) < 4.78 is 0. The van der Waals surface area contributed by atoms with E-state index in [-0.39, 0.29) is 12.0 Å². The molecule has 0 heterocycles. The van der Waals surface area contributed by atoms with Gasteiger partial charge in [-0.3, -0.25) is 0 Å². The van der Waals surface area contributed by atoms with Crippen LogP contribution in [0, 0.1) is 17.3 Å². The lowest BCUT2D eigenvalue weighted by Gasteiger charge is -2.34. The van der Waals surface area contributed by atoms with Gasteiger partial charge in [-0.25, -0.2) is 0 Å². The van der Waals surface area contributed by atoms with Crippen molar-refractivity contribution < 1.29 is 10.2 Å². The largest absolute Gasteiger partial charge is 0.392 e. The SMILES string of the molecule is CC(C#CC(O)C(C)=CCC1=C(C)CCCC1(C)C)=CCO. The third kappa shape index (κ3) is 5.48. The van der Waals surface area contributed by atoms with Gasteiger partial charge in [0.2, 0.25) is 0 Å². The molecule has 1 atom stereocenters. The number of aliphatic hydroxyl groups excluding tert-OH is 2. The molecule has 1 rings (SSSR count). The van der Waals surface area contributed by atoms with Gasteiger partial charge >= 0.3 is 0 Å². The number of hydrogen-bond acceptors (Lipinski definition) is 2. The lowest BCUT2D eigenvalue weighted by molar-refractivity contribution is 0.267. The van der Waals surface area contributed by atoms with Crippen LogP contribution in [0.2, 0.25) is 0 Å². The summed E-state index contributed by atoms with van der Waals surface area (Å²) in [6.45, 7) is 10.6. The highest BCUT2D eigenvalue weighted by Crippen LogP contribution is 2.42. The van der Waals surface area contributed by atoms with E-state index in [2.05, 4.69) is 38.7 Å². The lowest BCUT2D eigenvalue weighted by Crippen LogP contribution is -2.20. The predicted molar refractivity (Wildman–Crippen MR) is 93.3 cm³/mol. The fourth-order valence-corrected chi connectivity index (χ4v) is 2.98. The van der Waals surface area contributed by atoms with Gasteiger partial charge in [-0.05, 0) is 69.1 Å². The van der Waals surface area contributed by atoms with Crippen molar-refractivity contribution >= 4 is 0 Å². The van der Waals surface area contributed by atoms with Gasteiger partial charge in [0.25, 0.3) is 0 Å². The second-order valence-corrected chi connectivity index (χ2v) is 6.89. The Hall–Kier alpha value is -1.30. The van der Waals surface area contributed by atoms with Crippen molar-refractivity contribution in [2.45, 2.75) is 66.4 Å². The van der Waals surface area contributed by atoms with Crippen LogP contribution < -0.4 is 0 Å². The third-order valence-corrected chi connectivity index (χ3v) is 4.55. The number of aliphatic hydroxyl groups is 2. The van der Waals surface area contributed by atoms with Crippen LogP contribution in [0.1, 0.15) is 60.3 Å². The molecule has 0 radical (unpaired) electrons.